The van der Waals surface area contributed by atoms with Gasteiger partial charge in [-0.1, -0.05) is 18.2 Å². The van der Waals surface area contributed by atoms with Crippen LogP contribution in [0, 0.1) is 11.6 Å². The van der Waals surface area contributed by atoms with E-state index in [0.717, 1.165) is 18.7 Å². The molecular formula is C20H19F2NO5. The number of methoxy groups -OCH3 is 2. The third kappa shape index (κ3) is 5.06. The number of rotatable bonds is 7. The highest BCUT2D eigenvalue weighted by atomic mass is 19.1. The number of hydrogen-bond acceptors (Lipinski definition) is 5. The van der Waals surface area contributed by atoms with Gasteiger partial charge in [-0.3, -0.25) is 4.79 Å². The first-order valence-corrected chi connectivity index (χ1v) is 8.20. The Morgan fingerprint density at radius 2 is 1.82 bits per heavy atom. The quantitative estimate of drug-likeness (QED) is 0.727. The van der Waals surface area contributed by atoms with Gasteiger partial charge in [0.25, 0.3) is 5.91 Å². The molecule has 0 heterocycles. The van der Waals surface area contributed by atoms with Crippen molar-refractivity contribution in [1.29, 1.82) is 0 Å². The van der Waals surface area contributed by atoms with Crippen molar-refractivity contribution in [3.8, 4) is 11.5 Å². The van der Waals surface area contributed by atoms with Crippen molar-refractivity contribution in [3.63, 3.8) is 0 Å². The molecule has 1 amide bonds. The molecule has 0 atom stereocenters. The Labute approximate surface area is 160 Å². The highest BCUT2D eigenvalue weighted by Crippen LogP contribution is 2.28. The van der Waals surface area contributed by atoms with Crippen LogP contribution in [0.3, 0.4) is 0 Å². The lowest BCUT2D eigenvalue weighted by Gasteiger charge is -2.12. The molecule has 0 aliphatic carbocycles. The number of nitrogens with one attached hydrogen (secondary N) is 1. The first-order valence-electron chi connectivity index (χ1n) is 8.20. The van der Waals surface area contributed by atoms with Gasteiger partial charge in [-0.2, -0.15) is 0 Å². The summed E-state index contributed by atoms with van der Waals surface area (Å²) in [7, 11) is 2.52. The molecule has 0 radical (unpaired) electrons. The number of carbonyl (C=O) groups excluding carboxylic acids is 2. The predicted octanol–water partition coefficient (Wildman–Crippen LogP) is 3.81. The second-order valence-corrected chi connectivity index (χ2v) is 5.55. The van der Waals surface area contributed by atoms with Gasteiger partial charge in [0.2, 0.25) is 0 Å². The second-order valence-electron chi connectivity index (χ2n) is 5.55. The van der Waals surface area contributed by atoms with Gasteiger partial charge in [-0.25, -0.2) is 13.6 Å². The Morgan fingerprint density at radius 1 is 1.07 bits per heavy atom. The number of ether oxygens (including phenoxy) is 3. The fourth-order valence-corrected chi connectivity index (χ4v) is 2.34. The average molecular weight is 391 g/mol. The molecule has 2 aromatic rings. The molecule has 0 saturated carbocycles. The summed E-state index contributed by atoms with van der Waals surface area (Å²) in [6.45, 7) is 1.42. The summed E-state index contributed by atoms with van der Waals surface area (Å²) in [5.74, 6) is -3.09. The molecule has 28 heavy (non-hydrogen) atoms. The first-order chi connectivity index (χ1) is 13.4. The van der Waals surface area contributed by atoms with Crippen molar-refractivity contribution >= 4 is 23.6 Å². The minimum Gasteiger partial charge on any atom is -0.493 e. The first kappa shape index (κ1) is 20.9. The molecule has 148 valence electrons. The van der Waals surface area contributed by atoms with Crippen molar-refractivity contribution in [2.75, 3.05) is 26.1 Å². The van der Waals surface area contributed by atoms with E-state index in [-0.39, 0.29) is 5.69 Å². The molecule has 0 aliphatic rings. The van der Waals surface area contributed by atoms with Crippen molar-refractivity contribution in [2.24, 2.45) is 0 Å². The Hall–Kier alpha value is -3.42. The number of benzene rings is 2. The lowest BCUT2D eigenvalue weighted by Crippen LogP contribution is -2.21. The molecule has 0 saturated heterocycles. The number of halogens is 2. The summed E-state index contributed by atoms with van der Waals surface area (Å²) >= 11 is 0. The third-order valence-electron chi connectivity index (χ3n) is 3.64. The van der Waals surface area contributed by atoms with Crippen LogP contribution >= 0.6 is 0 Å². The van der Waals surface area contributed by atoms with E-state index in [2.05, 4.69) is 10.1 Å². The van der Waals surface area contributed by atoms with Gasteiger partial charge in [0.05, 0.1) is 25.5 Å². The third-order valence-corrected chi connectivity index (χ3v) is 3.64. The van der Waals surface area contributed by atoms with E-state index >= 15 is 0 Å². The van der Waals surface area contributed by atoms with Crippen LogP contribution in [0.5, 0.6) is 11.5 Å². The molecule has 0 spiro atoms. The van der Waals surface area contributed by atoms with E-state index in [1.807, 2.05) is 19.1 Å². The summed E-state index contributed by atoms with van der Waals surface area (Å²) in [6, 6.07) is 6.50. The standard InChI is InChI=1S/C20H19F2NO5/c1-4-5-12-6-7-17(18(8-12)26-2)28-11-19(24)23-16-9-13(20(25)27-3)14(21)10-15(16)22/h4-10H,11H2,1-3H3,(H,23,24)/b5-4+. The van der Waals surface area contributed by atoms with Crippen LogP contribution in [0.25, 0.3) is 6.08 Å². The topological polar surface area (TPSA) is 73.9 Å². The van der Waals surface area contributed by atoms with E-state index in [0.29, 0.717) is 17.6 Å². The van der Waals surface area contributed by atoms with Crippen molar-refractivity contribution < 1.29 is 32.6 Å². The monoisotopic (exact) mass is 391 g/mol. The average Bonchev–Trinajstić information content (AvgIpc) is 2.68. The summed E-state index contributed by atoms with van der Waals surface area (Å²) < 4.78 is 42.6. The van der Waals surface area contributed by atoms with Crippen molar-refractivity contribution in [2.45, 2.75) is 6.92 Å². The number of amides is 1. The molecule has 0 aliphatic heterocycles. The fraction of sp³-hybridized carbons (Fsp3) is 0.200. The molecular weight excluding hydrogens is 372 g/mol. The second kappa shape index (κ2) is 9.50. The lowest BCUT2D eigenvalue weighted by atomic mass is 10.1. The van der Waals surface area contributed by atoms with E-state index < -0.39 is 35.7 Å². The summed E-state index contributed by atoms with van der Waals surface area (Å²) in [5.41, 5.74) is 0.0204. The van der Waals surface area contributed by atoms with Gasteiger partial charge < -0.3 is 19.5 Å². The normalized spacial score (nSPS) is 10.6. The molecule has 6 nitrogen and oxygen atoms in total. The van der Waals surface area contributed by atoms with Gasteiger partial charge in [0.1, 0.15) is 11.6 Å². The number of hydrogen-bond donors (Lipinski definition) is 1. The van der Waals surface area contributed by atoms with Crippen LogP contribution in [0.2, 0.25) is 0 Å². The van der Waals surface area contributed by atoms with E-state index in [1.54, 1.807) is 18.2 Å². The maximum absolute atomic E-state index is 13.9. The van der Waals surface area contributed by atoms with Gasteiger partial charge in [-0.15, -0.1) is 0 Å². The Kier molecular flexibility index (Phi) is 7.08. The molecule has 0 aromatic heterocycles. The maximum Gasteiger partial charge on any atom is 0.340 e. The zero-order valence-corrected chi connectivity index (χ0v) is 15.5. The number of carbonyl (C=O) groups is 2. The highest BCUT2D eigenvalue weighted by molar-refractivity contribution is 5.95. The number of allylic oxidation sites excluding steroid dienone is 1. The van der Waals surface area contributed by atoms with Crippen LogP contribution in [-0.2, 0) is 9.53 Å². The van der Waals surface area contributed by atoms with Crippen LogP contribution < -0.4 is 14.8 Å². The number of esters is 1. The SMILES string of the molecule is C/C=C/c1ccc(OCC(=O)Nc2cc(C(=O)OC)c(F)cc2F)c(OC)c1. The van der Waals surface area contributed by atoms with Crippen LogP contribution in [0.4, 0.5) is 14.5 Å². The van der Waals surface area contributed by atoms with E-state index in [9.17, 15) is 18.4 Å². The van der Waals surface area contributed by atoms with Gasteiger partial charge in [0.15, 0.2) is 18.1 Å². The Morgan fingerprint density at radius 3 is 2.46 bits per heavy atom. The predicted molar refractivity (Wildman–Crippen MR) is 99.5 cm³/mol. The Balaban J connectivity index is 2.10. The van der Waals surface area contributed by atoms with Gasteiger partial charge >= 0.3 is 5.97 Å². The summed E-state index contributed by atoms with van der Waals surface area (Å²) in [4.78, 5) is 23.6. The lowest BCUT2D eigenvalue weighted by molar-refractivity contribution is -0.118. The van der Waals surface area contributed by atoms with Gasteiger partial charge in [0, 0.05) is 6.07 Å². The van der Waals surface area contributed by atoms with E-state index in [1.165, 1.54) is 7.11 Å². The van der Waals surface area contributed by atoms with Crippen LogP contribution in [0.15, 0.2) is 36.4 Å². The smallest absolute Gasteiger partial charge is 0.340 e. The minimum atomic E-state index is -1.09. The fourth-order valence-electron chi connectivity index (χ4n) is 2.34. The molecule has 1 N–H and O–H groups in total. The molecule has 0 fully saturated rings. The molecule has 2 aromatic carbocycles. The highest BCUT2D eigenvalue weighted by Gasteiger charge is 2.18. The molecule has 0 bridgehead atoms. The van der Waals surface area contributed by atoms with Crippen LogP contribution in [0.1, 0.15) is 22.8 Å². The van der Waals surface area contributed by atoms with E-state index in [4.69, 9.17) is 9.47 Å². The Bertz CT molecular complexity index is 912. The summed E-state index contributed by atoms with van der Waals surface area (Å²) in [6.07, 6.45) is 3.73. The molecule has 0 unspecified atom stereocenters. The molecule has 8 heteroatoms. The minimum absolute atomic E-state index is 0.320. The van der Waals surface area contributed by atoms with Crippen molar-refractivity contribution in [3.05, 3.63) is 59.2 Å². The molecule has 2 rings (SSSR count). The maximum atomic E-state index is 13.9. The number of anilines is 1. The zero-order chi connectivity index (χ0) is 20.7. The van der Waals surface area contributed by atoms with Gasteiger partial charge in [-0.05, 0) is 30.7 Å². The summed E-state index contributed by atoms with van der Waals surface area (Å²) in [5, 5.41) is 2.23. The van der Waals surface area contributed by atoms with Crippen LogP contribution in [-0.4, -0.2) is 32.7 Å². The zero-order valence-electron chi connectivity index (χ0n) is 15.5. The van der Waals surface area contributed by atoms with Crippen molar-refractivity contribution in [1.82, 2.24) is 0 Å². The largest absolute Gasteiger partial charge is 0.493 e.